The average Bonchev–Trinajstić information content (AvgIpc) is 2.62. The molecular weight excluding hydrogens is 344 g/mol. The summed E-state index contributed by atoms with van der Waals surface area (Å²) in [5, 5.41) is 4.06. The average molecular weight is 370 g/mol. The zero-order valence-corrected chi connectivity index (χ0v) is 16.3. The summed E-state index contributed by atoms with van der Waals surface area (Å²) >= 11 is 0. The predicted molar refractivity (Wildman–Crippen MR) is 103 cm³/mol. The van der Waals surface area contributed by atoms with Crippen LogP contribution < -0.4 is 10.5 Å². The lowest BCUT2D eigenvalue weighted by atomic mass is 10.1. The highest BCUT2D eigenvalue weighted by atomic mass is 16.2. The standard InChI is InChI=1S/C19H26N6O2/c1-13(2)9-15-10-17(22-14(3)21-15)19(27)25-7-5-24(6-8-25)16-11-18(26)23(4)20-12-16/h10-13H,5-9H2,1-4H3. The van der Waals surface area contributed by atoms with E-state index in [2.05, 4.69) is 33.8 Å². The number of rotatable bonds is 4. The van der Waals surface area contributed by atoms with E-state index < -0.39 is 0 Å². The lowest BCUT2D eigenvalue weighted by Gasteiger charge is -2.35. The van der Waals surface area contributed by atoms with Gasteiger partial charge in [-0.1, -0.05) is 13.8 Å². The first-order valence-electron chi connectivity index (χ1n) is 9.25. The molecule has 0 aliphatic carbocycles. The molecular formula is C19H26N6O2. The van der Waals surface area contributed by atoms with Crippen molar-refractivity contribution in [2.45, 2.75) is 27.2 Å². The molecule has 1 fully saturated rings. The molecule has 0 unspecified atom stereocenters. The van der Waals surface area contributed by atoms with Crippen molar-refractivity contribution in [3.63, 3.8) is 0 Å². The summed E-state index contributed by atoms with van der Waals surface area (Å²) < 4.78 is 1.30. The summed E-state index contributed by atoms with van der Waals surface area (Å²) in [5.74, 6) is 1.03. The van der Waals surface area contributed by atoms with Crippen LogP contribution in [-0.4, -0.2) is 56.7 Å². The van der Waals surface area contributed by atoms with Gasteiger partial charge in [0.1, 0.15) is 11.5 Å². The molecule has 0 radical (unpaired) electrons. The van der Waals surface area contributed by atoms with Crippen molar-refractivity contribution in [3.8, 4) is 0 Å². The van der Waals surface area contributed by atoms with Gasteiger partial charge >= 0.3 is 0 Å². The first-order chi connectivity index (χ1) is 12.8. The van der Waals surface area contributed by atoms with E-state index in [9.17, 15) is 9.59 Å². The van der Waals surface area contributed by atoms with Crippen LogP contribution in [0.4, 0.5) is 5.69 Å². The van der Waals surface area contributed by atoms with Crippen LogP contribution in [0.1, 0.15) is 35.9 Å². The van der Waals surface area contributed by atoms with Crippen LogP contribution >= 0.6 is 0 Å². The van der Waals surface area contributed by atoms with Gasteiger partial charge in [0.15, 0.2) is 0 Å². The molecule has 0 saturated carbocycles. The smallest absolute Gasteiger partial charge is 0.272 e. The van der Waals surface area contributed by atoms with E-state index in [4.69, 9.17) is 0 Å². The Kier molecular flexibility index (Phi) is 5.53. The molecule has 8 heteroatoms. The third-order valence-corrected chi connectivity index (χ3v) is 4.61. The van der Waals surface area contributed by atoms with E-state index >= 15 is 0 Å². The molecule has 144 valence electrons. The zero-order valence-electron chi connectivity index (χ0n) is 16.3. The molecule has 8 nitrogen and oxygen atoms in total. The van der Waals surface area contributed by atoms with E-state index in [0.717, 1.165) is 17.8 Å². The molecule has 0 N–H and O–H groups in total. The summed E-state index contributed by atoms with van der Waals surface area (Å²) in [6, 6.07) is 3.39. The highest BCUT2D eigenvalue weighted by molar-refractivity contribution is 5.92. The second kappa shape index (κ2) is 7.85. The SMILES string of the molecule is Cc1nc(CC(C)C)cc(C(=O)N2CCN(c3cnn(C)c(=O)c3)CC2)n1. The Labute approximate surface area is 158 Å². The number of nitrogens with zero attached hydrogens (tertiary/aromatic N) is 6. The minimum atomic E-state index is -0.139. The summed E-state index contributed by atoms with van der Waals surface area (Å²) in [6.07, 6.45) is 2.51. The summed E-state index contributed by atoms with van der Waals surface area (Å²) in [6.45, 7) is 8.55. The minimum Gasteiger partial charge on any atom is -0.367 e. The summed E-state index contributed by atoms with van der Waals surface area (Å²) in [4.78, 5) is 37.3. The Hall–Kier alpha value is -2.77. The first-order valence-corrected chi connectivity index (χ1v) is 9.25. The number of amides is 1. The maximum absolute atomic E-state index is 12.9. The first kappa shape index (κ1) is 19.0. The molecule has 0 spiro atoms. The number of hydrogen-bond donors (Lipinski definition) is 0. The van der Waals surface area contributed by atoms with Gasteiger partial charge in [-0.05, 0) is 25.3 Å². The Morgan fingerprint density at radius 1 is 1.15 bits per heavy atom. The Morgan fingerprint density at radius 2 is 1.85 bits per heavy atom. The Balaban J connectivity index is 1.68. The zero-order chi connectivity index (χ0) is 19.6. The maximum Gasteiger partial charge on any atom is 0.272 e. The molecule has 1 amide bonds. The van der Waals surface area contributed by atoms with Crippen molar-refractivity contribution in [1.29, 1.82) is 0 Å². The van der Waals surface area contributed by atoms with E-state index in [1.807, 2.05) is 17.9 Å². The van der Waals surface area contributed by atoms with Crippen molar-refractivity contribution < 1.29 is 4.79 Å². The number of aromatic nitrogens is 4. The van der Waals surface area contributed by atoms with Crippen LogP contribution in [0.5, 0.6) is 0 Å². The molecule has 1 aliphatic rings. The van der Waals surface area contributed by atoms with Gasteiger partial charge in [0.05, 0.1) is 11.9 Å². The van der Waals surface area contributed by atoms with Gasteiger partial charge in [0.25, 0.3) is 11.5 Å². The predicted octanol–water partition coefficient (Wildman–Crippen LogP) is 1.04. The molecule has 1 saturated heterocycles. The second-order valence-corrected chi connectivity index (χ2v) is 7.34. The van der Waals surface area contributed by atoms with Crippen molar-refractivity contribution in [2.24, 2.45) is 13.0 Å². The highest BCUT2D eigenvalue weighted by Crippen LogP contribution is 2.15. The fraction of sp³-hybridized carbons (Fsp3) is 0.526. The summed E-state index contributed by atoms with van der Waals surface area (Å²) in [5.41, 5.74) is 2.02. The molecule has 2 aromatic heterocycles. The third kappa shape index (κ3) is 4.50. The van der Waals surface area contributed by atoms with Crippen LogP contribution in [0, 0.1) is 12.8 Å². The van der Waals surface area contributed by atoms with Gasteiger partial charge in [-0.3, -0.25) is 9.59 Å². The molecule has 0 bridgehead atoms. The van der Waals surface area contributed by atoms with E-state index in [-0.39, 0.29) is 11.5 Å². The van der Waals surface area contributed by atoms with Crippen molar-refractivity contribution >= 4 is 11.6 Å². The Bertz CT molecular complexity index is 884. The number of aryl methyl sites for hydroxylation is 2. The van der Waals surface area contributed by atoms with E-state index in [0.29, 0.717) is 43.6 Å². The third-order valence-electron chi connectivity index (χ3n) is 4.61. The van der Waals surface area contributed by atoms with E-state index in [1.54, 1.807) is 19.3 Å². The van der Waals surface area contributed by atoms with Crippen LogP contribution in [0.25, 0.3) is 0 Å². The van der Waals surface area contributed by atoms with Crippen LogP contribution in [0.3, 0.4) is 0 Å². The van der Waals surface area contributed by atoms with Gasteiger partial charge in [0.2, 0.25) is 0 Å². The van der Waals surface area contributed by atoms with Crippen LogP contribution in [0.15, 0.2) is 23.1 Å². The maximum atomic E-state index is 12.9. The molecule has 0 atom stereocenters. The van der Waals surface area contributed by atoms with Crippen molar-refractivity contribution in [2.75, 3.05) is 31.1 Å². The Morgan fingerprint density at radius 3 is 2.48 bits per heavy atom. The van der Waals surface area contributed by atoms with Crippen molar-refractivity contribution in [3.05, 3.63) is 45.9 Å². The highest BCUT2D eigenvalue weighted by Gasteiger charge is 2.24. The number of hydrogen-bond acceptors (Lipinski definition) is 6. The second-order valence-electron chi connectivity index (χ2n) is 7.34. The molecule has 3 heterocycles. The van der Waals surface area contributed by atoms with Crippen LogP contribution in [-0.2, 0) is 13.5 Å². The summed E-state index contributed by atoms with van der Waals surface area (Å²) in [7, 11) is 1.62. The van der Waals surface area contributed by atoms with Gasteiger partial charge < -0.3 is 9.80 Å². The molecule has 1 aliphatic heterocycles. The van der Waals surface area contributed by atoms with Gasteiger partial charge in [-0.25, -0.2) is 14.6 Å². The fourth-order valence-corrected chi connectivity index (χ4v) is 3.22. The lowest BCUT2D eigenvalue weighted by Crippen LogP contribution is -2.49. The normalized spacial score (nSPS) is 14.7. The fourth-order valence-electron chi connectivity index (χ4n) is 3.22. The molecule has 3 rings (SSSR count). The largest absolute Gasteiger partial charge is 0.367 e. The van der Waals surface area contributed by atoms with Crippen molar-refractivity contribution in [1.82, 2.24) is 24.6 Å². The van der Waals surface area contributed by atoms with Gasteiger partial charge in [0, 0.05) is 45.0 Å². The molecule has 0 aromatic carbocycles. The number of anilines is 1. The quantitative estimate of drug-likeness (QED) is 0.800. The molecule has 27 heavy (non-hydrogen) atoms. The lowest BCUT2D eigenvalue weighted by molar-refractivity contribution is 0.0740. The number of carbonyl (C=O) groups is 1. The monoisotopic (exact) mass is 370 g/mol. The number of piperazine rings is 1. The van der Waals surface area contributed by atoms with Crippen LogP contribution in [0.2, 0.25) is 0 Å². The van der Waals surface area contributed by atoms with E-state index in [1.165, 1.54) is 4.68 Å². The van der Waals surface area contributed by atoms with Gasteiger partial charge in [-0.2, -0.15) is 5.10 Å². The molecule has 2 aromatic rings. The number of carbonyl (C=O) groups excluding carboxylic acids is 1. The minimum absolute atomic E-state index is 0.0627. The topological polar surface area (TPSA) is 84.2 Å². The van der Waals surface area contributed by atoms with Gasteiger partial charge in [-0.15, -0.1) is 0 Å².